The standard InChI is InChI=1S/C11H17N5O2S/c1-6(2)16-10(18)12-13-11(16)19-9-8(5-17)7(3)14-15(9)4/h6,17H,5H2,1-4H3,(H,12,18). The number of aryl methyl sites for hydroxylation is 2. The molecular weight excluding hydrogens is 266 g/mol. The number of nitrogens with one attached hydrogen (secondary N) is 1. The molecule has 104 valence electrons. The van der Waals surface area contributed by atoms with Crippen molar-refractivity contribution in [2.24, 2.45) is 7.05 Å². The third-order valence-electron chi connectivity index (χ3n) is 2.82. The van der Waals surface area contributed by atoms with E-state index in [0.29, 0.717) is 5.16 Å². The van der Waals surface area contributed by atoms with Crippen LogP contribution in [0.25, 0.3) is 0 Å². The van der Waals surface area contributed by atoms with E-state index in [4.69, 9.17) is 0 Å². The molecule has 0 fully saturated rings. The van der Waals surface area contributed by atoms with Gasteiger partial charge in [0, 0.05) is 18.7 Å². The van der Waals surface area contributed by atoms with E-state index in [2.05, 4.69) is 15.3 Å². The van der Waals surface area contributed by atoms with Gasteiger partial charge in [0.1, 0.15) is 5.03 Å². The molecule has 0 atom stereocenters. The number of hydrogen-bond acceptors (Lipinski definition) is 5. The Hall–Kier alpha value is -1.54. The Morgan fingerprint density at radius 2 is 2.16 bits per heavy atom. The van der Waals surface area contributed by atoms with Crippen molar-refractivity contribution in [3.05, 3.63) is 21.7 Å². The van der Waals surface area contributed by atoms with E-state index in [1.807, 2.05) is 20.8 Å². The van der Waals surface area contributed by atoms with Gasteiger partial charge in [-0.3, -0.25) is 9.25 Å². The van der Waals surface area contributed by atoms with Gasteiger partial charge >= 0.3 is 5.69 Å². The Labute approximate surface area is 114 Å². The maximum atomic E-state index is 11.7. The quantitative estimate of drug-likeness (QED) is 0.868. The smallest absolute Gasteiger partial charge is 0.344 e. The summed E-state index contributed by atoms with van der Waals surface area (Å²) in [7, 11) is 1.80. The predicted octanol–water partition coefficient (Wildman–Crippen LogP) is 0.838. The van der Waals surface area contributed by atoms with Crippen molar-refractivity contribution in [2.75, 3.05) is 0 Å². The lowest BCUT2D eigenvalue weighted by Gasteiger charge is -2.09. The molecule has 0 aliphatic heterocycles. The minimum absolute atomic E-state index is 0.0145. The summed E-state index contributed by atoms with van der Waals surface area (Å²) >= 11 is 1.32. The van der Waals surface area contributed by atoms with E-state index >= 15 is 0 Å². The van der Waals surface area contributed by atoms with Gasteiger partial charge in [0.05, 0.1) is 12.3 Å². The summed E-state index contributed by atoms with van der Waals surface area (Å²) in [5, 5.41) is 21.5. The molecule has 8 heteroatoms. The fourth-order valence-corrected chi connectivity index (χ4v) is 3.06. The lowest BCUT2D eigenvalue weighted by molar-refractivity contribution is 0.277. The maximum Gasteiger partial charge on any atom is 0.344 e. The number of aromatic nitrogens is 5. The highest BCUT2D eigenvalue weighted by Gasteiger charge is 2.18. The second-order valence-electron chi connectivity index (χ2n) is 4.53. The SMILES string of the molecule is Cc1nn(C)c(Sc2n[nH]c(=O)n2C(C)C)c1CO. The number of aliphatic hydroxyl groups is 1. The number of H-pyrrole nitrogens is 1. The number of aromatic amines is 1. The van der Waals surface area contributed by atoms with Gasteiger partial charge in [0.15, 0.2) is 5.16 Å². The van der Waals surface area contributed by atoms with Crippen LogP contribution < -0.4 is 5.69 Å². The molecule has 0 spiro atoms. The summed E-state index contributed by atoms with van der Waals surface area (Å²) in [6, 6.07) is 0.0145. The van der Waals surface area contributed by atoms with Crippen LogP contribution in [0, 0.1) is 6.92 Å². The van der Waals surface area contributed by atoms with Crippen LogP contribution >= 0.6 is 11.8 Å². The van der Waals surface area contributed by atoms with Crippen LogP contribution in [0.4, 0.5) is 0 Å². The number of rotatable bonds is 4. The van der Waals surface area contributed by atoms with Gasteiger partial charge in [-0.1, -0.05) is 0 Å². The minimum Gasteiger partial charge on any atom is -0.392 e. The van der Waals surface area contributed by atoms with Crippen LogP contribution in [-0.2, 0) is 13.7 Å². The van der Waals surface area contributed by atoms with Crippen LogP contribution in [0.2, 0.25) is 0 Å². The van der Waals surface area contributed by atoms with Crippen molar-refractivity contribution in [3.8, 4) is 0 Å². The van der Waals surface area contributed by atoms with Gasteiger partial charge in [-0.15, -0.1) is 5.10 Å². The minimum atomic E-state index is -0.234. The predicted molar refractivity (Wildman–Crippen MR) is 71.2 cm³/mol. The van der Waals surface area contributed by atoms with Crippen molar-refractivity contribution in [2.45, 2.75) is 43.6 Å². The zero-order chi connectivity index (χ0) is 14.2. The summed E-state index contributed by atoms with van der Waals surface area (Å²) in [6.45, 7) is 5.60. The normalized spacial score (nSPS) is 11.5. The van der Waals surface area contributed by atoms with Gasteiger partial charge in [0.2, 0.25) is 0 Å². The first-order chi connectivity index (χ1) is 8.95. The molecule has 0 aliphatic rings. The summed E-state index contributed by atoms with van der Waals surface area (Å²) in [4.78, 5) is 11.7. The molecule has 0 unspecified atom stereocenters. The van der Waals surface area contributed by atoms with Crippen molar-refractivity contribution >= 4 is 11.8 Å². The summed E-state index contributed by atoms with van der Waals surface area (Å²) in [5.74, 6) is 0. The molecule has 2 N–H and O–H groups in total. The molecule has 0 amide bonds. The fraction of sp³-hybridized carbons (Fsp3) is 0.545. The highest BCUT2D eigenvalue weighted by atomic mass is 32.2. The first-order valence-electron chi connectivity index (χ1n) is 5.93. The first-order valence-corrected chi connectivity index (χ1v) is 6.75. The number of nitrogens with zero attached hydrogens (tertiary/aromatic N) is 4. The highest BCUT2D eigenvalue weighted by molar-refractivity contribution is 7.99. The highest BCUT2D eigenvalue weighted by Crippen LogP contribution is 2.30. The van der Waals surface area contributed by atoms with Gasteiger partial charge < -0.3 is 5.11 Å². The Morgan fingerprint density at radius 3 is 2.74 bits per heavy atom. The van der Waals surface area contributed by atoms with Gasteiger partial charge in [-0.2, -0.15) is 5.10 Å². The molecule has 2 aromatic heterocycles. The molecule has 0 aliphatic carbocycles. The number of hydrogen-bond donors (Lipinski definition) is 2. The van der Waals surface area contributed by atoms with E-state index in [-0.39, 0.29) is 18.3 Å². The zero-order valence-electron chi connectivity index (χ0n) is 11.3. The molecular formula is C11H17N5O2S. The molecule has 19 heavy (non-hydrogen) atoms. The largest absolute Gasteiger partial charge is 0.392 e. The lowest BCUT2D eigenvalue weighted by atomic mass is 10.3. The monoisotopic (exact) mass is 283 g/mol. The molecule has 7 nitrogen and oxygen atoms in total. The third-order valence-corrected chi connectivity index (χ3v) is 4.00. The Bertz CT molecular complexity index is 640. The second kappa shape index (κ2) is 5.22. The van der Waals surface area contributed by atoms with Crippen LogP contribution in [0.15, 0.2) is 15.0 Å². The third kappa shape index (κ3) is 2.45. The van der Waals surface area contributed by atoms with Gasteiger partial charge in [-0.25, -0.2) is 9.89 Å². The van der Waals surface area contributed by atoms with Crippen LogP contribution in [0.5, 0.6) is 0 Å². The van der Waals surface area contributed by atoms with E-state index in [1.54, 1.807) is 16.3 Å². The zero-order valence-corrected chi connectivity index (χ0v) is 12.2. The maximum absolute atomic E-state index is 11.7. The second-order valence-corrected chi connectivity index (χ2v) is 5.48. The van der Waals surface area contributed by atoms with E-state index in [0.717, 1.165) is 16.3 Å². The lowest BCUT2D eigenvalue weighted by Crippen LogP contribution is -2.19. The van der Waals surface area contributed by atoms with Gasteiger partial charge in [0.25, 0.3) is 0 Å². The summed E-state index contributed by atoms with van der Waals surface area (Å²) in [6.07, 6.45) is 0. The molecule has 2 rings (SSSR count). The van der Waals surface area contributed by atoms with E-state index < -0.39 is 0 Å². The fourth-order valence-electron chi connectivity index (χ4n) is 1.89. The van der Waals surface area contributed by atoms with E-state index in [1.165, 1.54) is 11.8 Å². The molecule has 0 aromatic carbocycles. The molecule has 2 aromatic rings. The molecule has 2 heterocycles. The average molecular weight is 283 g/mol. The van der Waals surface area contributed by atoms with Crippen molar-refractivity contribution in [3.63, 3.8) is 0 Å². The molecule has 0 saturated carbocycles. The Kier molecular flexibility index (Phi) is 3.81. The number of aliphatic hydroxyl groups excluding tert-OH is 1. The molecule has 0 saturated heterocycles. The Balaban J connectivity index is 2.45. The molecule has 0 radical (unpaired) electrons. The van der Waals surface area contributed by atoms with Crippen LogP contribution in [-0.4, -0.2) is 29.7 Å². The van der Waals surface area contributed by atoms with Crippen molar-refractivity contribution < 1.29 is 5.11 Å². The van der Waals surface area contributed by atoms with Crippen LogP contribution in [0.1, 0.15) is 31.1 Å². The summed E-state index contributed by atoms with van der Waals surface area (Å²) < 4.78 is 3.27. The van der Waals surface area contributed by atoms with Crippen molar-refractivity contribution in [1.82, 2.24) is 24.5 Å². The first kappa shape index (κ1) is 13.9. The van der Waals surface area contributed by atoms with Gasteiger partial charge in [-0.05, 0) is 32.5 Å². The molecule has 0 bridgehead atoms. The average Bonchev–Trinajstić information content (AvgIpc) is 2.81. The van der Waals surface area contributed by atoms with Crippen LogP contribution in [0.3, 0.4) is 0 Å². The Morgan fingerprint density at radius 1 is 1.47 bits per heavy atom. The topological polar surface area (TPSA) is 88.7 Å². The summed E-state index contributed by atoms with van der Waals surface area (Å²) in [5.41, 5.74) is 1.31. The van der Waals surface area contributed by atoms with E-state index in [9.17, 15) is 9.90 Å². The van der Waals surface area contributed by atoms with Crippen molar-refractivity contribution in [1.29, 1.82) is 0 Å².